The van der Waals surface area contributed by atoms with Gasteiger partial charge in [0.2, 0.25) is 5.95 Å². The average molecular weight is 539 g/mol. The molecule has 5 heteroatoms. The monoisotopic (exact) mass is 538 g/mol. The number of aromatic nitrogens is 4. The highest BCUT2D eigenvalue weighted by Gasteiger charge is 2.18. The zero-order valence-electron chi connectivity index (χ0n) is 22.4. The molecule has 9 aromatic rings. The number of nitrogens with zero attached hydrogens (tertiary/aromatic N) is 4. The fraction of sp³-hybridized carbons (Fsp3) is 0. The van der Waals surface area contributed by atoms with Crippen LogP contribution in [0.5, 0.6) is 0 Å². The Balaban J connectivity index is 1.32. The molecule has 0 aliphatic heterocycles. The van der Waals surface area contributed by atoms with E-state index in [1.54, 1.807) is 6.20 Å². The summed E-state index contributed by atoms with van der Waals surface area (Å²) in [6.07, 6.45) is 3.61. The molecule has 0 amide bonds. The summed E-state index contributed by atoms with van der Waals surface area (Å²) in [4.78, 5) is 14.7. The van der Waals surface area contributed by atoms with Crippen LogP contribution in [0.15, 0.2) is 138 Å². The third-order valence-corrected chi connectivity index (χ3v) is 8.12. The van der Waals surface area contributed by atoms with E-state index < -0.39 is 0 Å². The third kappa shape index (κ3) is 3.40. The fourth-order valence-corrected chi connectivity index (χ4v) is 6.15. The molecule has 0 radical (unpaired) electrons. The topological polar surface area (TPSA) is 56.7 Å². The predicted octanol–water partition coefficient (Wildman–Crippen LogP) is 9.36. The zero-order chi connectivity index (χ0) is 27.6. The minimum absolute atomic E-state index is 0.640. The van der Waals surface area contributed by atoms with Crippen molar-refractivity contribution in [3.05, 3.63) is 134 Å². The van der Waals surface area contributed by atoms with Crippen molar-refractivity contribution < 1.29 is 4.42 Å². The minimum Gasteiger partial charge on any atom is -0.456 e. The van der Waals surface area contributed by atoms with Crippen molar-refractivity contribution >= 4 is 54.6 Å². The van der Waals surface area contributed by atoms with Gasteiger partial charge in [0.05, 0.1) is 22.2 Å². The maximum absolute atomic E-state index is 6.07. The number of hydrogen-bond acceptors (Lipinski definition) is 4. The molecule has 4 aromatic heterocycles. The second kappa shape index (κ2) is 8.85. The second-order valence-electron chi connectivity index (χ2n) is 10.5. The molecule has 0 bridgehead atoms. The van der Waals surface area contributed by atoms with Crippen LogP contribution in [-0.2, 0) is 0 Å². The Morgan fingerprint density at radius 2 is 1.24 bits per heavy atom. The summed E-state index contributed by atoms with van der Waals surface area (Å²) in [5.41, 5.74) is 8.94. The van der Waals surface area contributed by atoms with Crippen LogP contribution >= 0.6 is 0 Å². The standard InChI is InChI=1S/C37H22N4O/c1-2-8-23(9-3-1)24-14-16-33-28(20-24)26-10-5-7-13-32(26)41(33)37-39-31-12-6-4-11-27(31)36(40-37)25-15-17-34-29(21-25)30-22-38-19-18-35(30)42-34/h1-22H. The van der Waals surface area contributed by atoms with E-state index >= 15 is 0 Å². The van der Waals surface area contributed by atoms with Crippen LogP contribution in [0.25, 0.3) is 83.0 Å². The molecule has 0 spiro atoms. The first-order valence-electron chi connectivity index (χ1n) is 13.9. The van der Waals surface area contributed by atoms with E-state index in [0.717, 1.165) is 55.1 Å². The molecule has 0 fully saturated rings. The summed E-state index contributed by atoms with van der Waals surface area (Å²) in [6, 6.07) is 42.0. The molecule has 4 heterocycles. The maximum atomic E-state index is 6.07. The Labute approximate surface area is 240 Å². The second-order valence-corrected chi connectivity index (χ2v) is 10.5. The number of fused-ring (bicyclic) bond motifs is 7. The van der Waals surface area contributed by atoms with Crippen molar-refractivity contribution in [3.63, 3.8) is 0 Å². The highest BCUT2D eigenvalue weighted by atomic mass is 16.3. The van der Waals surface area contributed by atoms with Crippen molar-refractivity contribution in [2.75, 3.05) is 0 Å². The van der Waals surface area contributed by atoms with E-state index in [-0.39, 0.29) is 0 Å². The number of furan rings is 1. The van der Waals surface area contributed by atoms with E-state index in [0.29, 0.717) is 5.95 Å². The highest BCUT2D eigenvalue weighted by Crippen LogP contribution is 2.37. The van der Waals surface area contributed by atoms with Gasteiger partial charge in [0.25, 0.3) is 0 Å². The van der Waals surface area contributed by atoms with Crippen molar-refractivity contribution in [1.29, 1.82) is 0 Å². The van der Waals surface area contributed by atoms with Gasteiger partial charge < -0.3 is 4.42 Å². The van der Waals surface area contributed by atoms with Gasteiger partial charge in [-0.15, -0.1) is 0 Å². The van der Waals surface area contributed by atoms with E-state index in [4.69, 9.17) is 14.4 Å². The lowest BCUT2D eigenvalue weighted by atomic mass is 10.0. The number of para-hydroxylation sites is 2. The first-order valence-corrected chi connectivity index (χ1v) is 13.9. The zero-order valence-corrected chi connectivity index (χ0v) is 22.4. The van der Waals surface area contributed by atoms with Crippen LogP contribution in [-0.4, -0.2) is 19.5 Å². The molecule has 0 saturated heterocycles. The normalized spacial score (nSPS) is 11.8. The van der Waals surface area contributed by atoms with Gasteiger partial charge in [0.1, 0.15) is 11.2 Å². The van der Waals surface area contributed by atoms with Crippen LogP contribution in [0.3, 0.4) is 0 Å². The Bertz CT molecular complexity index is 2470. The number of rotatable bonds is 3. The van der Waals surface area contributed by atoms with Gasteiger partial charge in [-0.3, -0.25) is 9.55 Å². The smallest absolute Gasteiger partial charge is 0.235 e. The maximum Gasteiger partial charge on any atom is 0.235 e. The number of benzene rings is 5. The molecule has 196 valence electrons. The molecular formula is C37H22N4O. The van der Waals surface area contributed by atoms with Crippen molar-refractivity contribution in [1.82, 2.24) is 19.5 Å². The summed E-state index contributed by atoms with van der Waals surface area (Å²) in [5, 5.41) is 5.35. The van der Waals surface area contributed by atoms with Crippen molar-refractivity contribution in [3.8, 4) is 28.3 Å². The molecule has 5 nitrogen and oxygen atoms in total. The molecule has 0 aliphatic carbocycles. The minimum atomic E-state index is 0.640. The first kappa shape index (κ1) is 22.9. The summed E-state index contributed by atoms with van der Waals surface area (Å²) in [6.45, 7) is 0. The molecule has 5 aromatic carbocycles. The van der Waals surface area contributed by atoms with E-state index in [9.17, 15) is 0 Å². The van der Waals surface area contributed by atoms with E-state index in [1.165, 1.54) is 21.9 Å². The third-order valence-electron chi connectivity index (χ3n) is 8.12. The number of pyridine rings is 1. The van der Waals surface area contributed by atoms with Gasteiger partial charge in [-0.25, -0.2) is 9.97 Å². The van der Waals surface area contributed by atoms with Crippen LogP contribution in [0.1, 0.15) is 0 Å². The summed E-state index contributed by atoms with van der Waals surface area (Å²) >= 11 is 0. The Morgan fingerprint density at radius 1 is 0.500 bits per heavy atom. The molecule has 0 saturated carbocycles. The van der Waals surface area contributed by atoms with Gasteiger partial charge in [0.15, 0.2) is 0 Å². The molecule has 0 N–H and O–H groups in total. The van der Waals surface area contributed by atoms with Crippen LogP contribution < -0.4 is 0 Å². The van der Waals surface area contributed by atoms with Gasteiger partial charge >= 0.3 is 0 Å². The van der Waals surface area contributed by atoms with Gasteiger partial charge in [0, 0.05) is 44.9 Å². The van der Waals surface area contributed by atoms with E-state index in [1.807, 2.05) is 36.5 Å². The quantitative estimate of drug-likeness (QED) is 0.225. The lowest BCUT2D eigenvalue weighted by Gasteiger charge is -2.12. The Hall–Kier alpha value is -5.81. The highest BCUT2D eigenvalue weighted by molar-refractivity contribution is 6.11. The summed E-state index contributed by atoms with van der Waals surface area (Å²) in [7, 11) is 0. The molecular weight excluding hydrogens is 516 g/mol. The molecule has 0 aliphatic rings. The molecule has 9 rings (SSSR count). The summed E-state index contributed by atoms with van der Waals surface area (Å²) in [5.74, 6) is 0.640. The Kier molecular flexibility index (Phi) is 4.83. The van der Waals surface area contributed by atoms with Gasteiger partial charge in [-0.05, 0) is 59.7 Å². The number of hydrogen-bond donors (Lipinski definition) is 0. The molecule has 42 heavy (non-hydrogen) atoms. The SMILES string of the molecule is c1ccc(-c2ccc3c(c2)c2ccccc2n3-c2nc(-c3ccc4oc5ccncc5c4c3)c3ccccc3n2)cc1. The van der Waals surface area contributed by atoms with Crippen LogP contribution in [0.2, 0.25) is 0 Å². The first-order chi connectivity index (χ1) is 20.8. The van der Waals surface area contributed by atoms with Gasteiger partial charge in [-0.2, -0.15) is 0 Å². The van der Waals surface area contributed by atoms with Gasteiger partial charge in [-0.1, -0.05) is 72.8 Å². The van der Waals surface area contributed by atoms with Crippen LogP contribution in [0, 0.1) is 0 Å². The largest absolute Gasteiger partial charge is 0.456 e. The van der Waals surface area contributed by atoms with Crippen LogP contribution in [0.4, 0.5) is 0 Å². The predicted molar refractivity (Wildman–Crippen MR) is 170 cm³/mol. The van der Waals surface area contributed by atoms with E-state index in [2.05, 4.69) is 101 Å². The lowest BCUT2D eigenvalue weighted by molar-refractivity contribution is 0.668. The summed E-state index contributed by atoms with van der Waals surface area (Å²) < 4.78 is 8.26. The fourth-order valence-electron chi connectivity index (χ4n) is 6.15. The van der Waals surface area contributed by atoms with Crippen molar-refractivity contribution in [2.45, 2.75) is 0 Å². The molecule has 0 unspecified atom stereocenters. The Morgan fingerprint density at radius 3 is 2.17 bits per heavy atom. The average Bonchev–Trinajstić information content (AvgIpc) is 3.59. The molecule has 0 atom stereocenters. The van der Waals surface area contributed by atoms with Crippen molar-refractivity contribution in [2.24, 2.45) is 0 Å². The lowest BCUT2D eigenvalue weighted by Crippen LogP contribution is -2.03.